The maximum atomic E-state index is 13.8. The lowest BCUT2D eigenvalue weighted by Gasteiger charge is -2.22. The lowest BCUT2D eigenvalue weighted by Crippen LogP contribution is -2.33. The van der Waals surface area contributed by atoms with E-state index in [4.69, 9.17) is 0 Å². The minimum absolute atomic E-state index is 0. The minimum atomic E-state index is -0.651. The number of hydrogen-bond donors (Lipinski definition) is 2. The van der Waals surface area contributed by atoms with Crippen LogP contribution in [0.25, 0.3) is 0 Å². The number of H-pyrrole nitrogens is 1. The first-order valence-corrected chi connectivity index (χ1v) is 7.60. The lowest BCUT2D eigenvalue weighted by molar-refractivity contribution is 0.0742. The van der Waals surface area contributed by atoms with Crippen LogP contribution in [0, 0.1) is 11.6 Å². The first-order valence-electron chi connectivity index (χ1n) is 7.60. The Balaban J connectivity index is 0.00000208. The molecule has 130 valence electrons. The van der Waals surface area contributed by atoms with Crippen molar-refractivity contribution in [3.8, 4) is 0 Å². The summed E-state index contributed by atoms with van der Waals surface area (Å²) in [7, 11) is 0. The van der Waals surface area contributed by atoms with Gasteiger partial charge in [0.25, 0.3) is 5.91 Å². The first-order chi connectivity index (χ1) is 11.1. The molecule has 0 saturated carbocycles. The van der Waals surface area contributed by atoms with Crippen molar-refractivity contribution in [2.45, 2.75) is 26.4 Å². The zero-order valence-corrected chi connectivity index (χ0v) is 14.1. The van der Waals surface area contributed by atoms with Crippen molar-refractivity contribution in [2.24, 2.45) is 0 Å². The Labute approximate surface area is 144 Å². The number of halogens is 3. The molecule has 0 fully saturated rings. The van der Waals surface area contributed by atoms with E-state index < -0.39 is 11.6 Å². The molecular formula is C16H19ClF2N4O. The van der Waals surface area contributed by atoms with Crippen molar-refractivity contribution in [1.29, 1.82) is 0 Å². The third kappa shape index (κ3) is 3.42. The molecule has 0 aliphatic carbocycles. The molecule has 0 bridgehead atoms. The van der Waals surface area contributed by atoms with E-state index in [2.05, 4.69) is 15.5 Å². The molecule has 2 heterocycles. The predicted molar refractivity (Wildman–Crippen MR) is 88.0 cm³/mol. The van der Waals surface area contributed by atoms with Crippen molar-refractivity contribution in [3.63, 3.8) is 0 Å². The van der Waals surface area contributed by atoms with Gasteiger partial charge < -0.3 is 10.2 Å². The molecule has 0 saturated heterocycles. The van der Waals surface area contributed by atoms with Gasteiger partial charge in [0.2, 0.25) is 0 Å². The van der Waals surface area contributed by atoms with E-state index in [0.717, 1.165) is 24.2 Å². The summed E-state index contributed by atoms with van der Waals surface area (Å²) in [6, 6.07) is 3.69. The summed E-state index contributed by atoms with van der Waals surface area (Å²) in [5.41, 5.74) is 2.00. The van der Waals surface area contributed by atoms with Crippen LogP contribution >= 0.6 is 12.4 Å². The Bertz CT molecular complexity index is 715. The Morgan fingerprint density at radius 1 is 1.33 bits per heavy atom. The number of aromatic amines is 1. The smallest absolute Gasteiger partial charge is 0.274 e. The molecule has 1 aliphatic heterocycles. The molecular weight excluding hydrogens is 338 g/mol. The van der Waals surface area contributed by atoms with Crippen LogP contribution in [0.5, 0.6) is 0 Å². The lowest BCUT2D eigenvalue weighted by atomic mass is 10.1. The van der Waals surface area contributed by atoms with E-state index in [1.54, 1.807) is 6.92 Å². The van der Waals surface area contributed by atoms with E-state index >= 15 is 0 Å². The van der Waals surface area contributed by atoms with Crippen molar-refractivity contribution in [1.82, 2.24) is 20.4 Å². The average Bonchev–Trinajstić information content (AvgIpc) is 2.98. The van der Waals surface area contributed by atoms with Crippen LogP contribution in [0.2, 0.25) is 0 Å². The summed E-state index contributed by atoms with van der Waals surface area (Å²) in [5, 5.41) is 10.2. The first kappa shape index (κ1) is 18.4. The molecule has 1 amide bonds. The third-order valence-corrected chi connectivity index (χ3v) is 4.09. The van der Waals surface area contributed by atoms with E-state index in [9.17, 15) is 13.6 Å². The fourth-order valence-electron chi connectivity index (χ4n) is 2.75. The van der Waals surface area contributed by atoms with Crippen LogP contribution in [0.3, 0.4) is 0 Å². The molecule has 0 atom stereocenters. The van der Waals surface area contributed by atoms with Crippen LogP contribution in [-0.4, -0.2) is 34.1 Å². The van der Waals surface area contributed by atoms with Gasteiger partial charge in [-0.1, -0.05) is 6.07 Å². The highest BCUT2D eigenvalue weighted by molar-refractivity contribution is 5.94. The molecule has 1 aliphatic rings. The second-order valence-electron chi connectivity index (χ2n) is 5.48. The van der Waals surface area contributed by atoms with E-state index in [1.165, 1.54) is 23.1 Å². The predicted octanol–water partition coefficient (Wildman–Crippen LogP) is 2.42. The SMILES string of the molecule is CCN(Cc1c(F)cccc1F)C(=O)c1n[nH]c2c1CNCC2.Cl. The summed E-state index contributed by atoms with van der Waals surface area (Å²) in [4.78, 5) is 14.1. The van der Waals surface area contributed by atoms with Crippen molar-refractivity contribution < 1.29 is 13.6 Å². The number of carbonyl (C=O) groups is 1. The highest BCUT2D eigenvalue weighted by Gasteiger charge is 2.26. The van der Waals surface area contributed by atoms with Gasteiger partial charge in [-0.3, -0.25) is 9.89 Å². The van der Waals surface area contributed by atoms with Crippen molar-refractivity contribution in [2.75, 3.05) is 13.1 Å². The van der Waals surface area contributed by atoms with Crippen molar-refractivity contribution in [3.05, 3.63) is 52.3 Å². The second kappa shape index (κ2) is 7.72. The van der Waals surface area contributed by atoms with Gasteiger partial charge in [0, 0.05) is 42.9 Å². The zero-order chi connectivity index (χ0) is 16.4. The molecule has 8 heteroatoms. The van der Waals surface area contributed by atoms with Gasteiger partial charge >= 0.3 is 0 Å². The topological polar surface area (TPSA) is 61.0 Å². The van der Waals surface area contributed by atoms with E-state index in [1.807, 2.05) is 0 Å². The van der Waals surface area contributed by atoms with Gasteiger partial charge in [0.05, 0.1) is 6.54 Å². The number of rotatable bonds is 4. The monoisotopic (exact) mass is 356 g/mol. The average molecular weight is 357 g/mol. The normalized spacial score (nSPS) is 13.1. The van der Waals surface area contributed by atoms with Crippen LogP contribution in [0.15, 0.2) is 18.2 Å². The Morgan fingerprint density at radius 2 is 2.04 bits per heavy atom. The summed E-state index contributed by atoms with van der Waals surface area (Å²) in [5.74, 6) is -1.62. The van der Waals surface area contributed by atoms with Crippen LogP contribution < -0.4 is 5.32 Å². The number of nitrogens with one attached hydrogen (secondary N) is 2. The van der Waals surface area contributed by atoms with Gasteiger partial charge in [-0.2, -0.15) is 5.10 Å². The molecule has 3 rings (SSSR count). The van der Waals surface area contributed by atoms with Crippen LogP contribution in [0.1, 0.15) is 34.2 Å². The number of hydrogen-bond acceptors (Lipinski definition) is 3. The fourth-order valence-corrected chi connectivity index (χ4v) is 2.75. The summed E-state index contributed by atoms with van der Waals surface area (Å²) in [6.07, 6.45) is 0.781. The van der Waals surface area contributed by atoms with Crippen molar-refractivity contribution >= 4 is 18.3 Å². The van der Waals surface area contributed by atoms with Gasteiger partial charge in [-0.05, 0) is 19.1 Å². The van der Waals surface area contributed by atoms with E-state index in [-0.39, 0.29) is 30.4 Å². The molecule has 0 radical (unpaired) electrons. The zero-order valence-electron chi connectivity index (χ0n) is 13.2. The summed E-state index contributed by atoms with van der Waals surface area (Å²) in [6.45, 7) is 3.39. The molecule has 5 nitrogen and oxygen atoms in total. The van der Waals surface area contributed by atoms with Gasteiger partial charge in [0.1, 0.15) is 11.6 Å². The summed E-state index contributed by atoms with van der Waals surface area (Å²) < 4.78 is 27.6. The third-order valence-electron chi connectivity index (χ3n) is 4.09. The number of nitrogens with zero attached hydrogens (tertiary/aromatic N) is 2. The quantitative estimate of drug-likeness (QED) is 0.884. The number of fused-ring (bicyclic) bond motifs is 1. The maximum absolute atomic E-state index is 13.8. The highest BCUT2D eigenvalue weighted by Crippen LogP contribution is 2.20. The number of amides is 1. The Hall–Kier alpha value is -1.99. The fraction of sp³-hybridized carbons (Fsp3) is 0.375. The van der Waals surface area contributed by atoms with Crippen LogP contribution in [0.4, 0.5) is 8.78 Å². The maximum Gasteiger partial charge on any atom is 0.274 e. The number of aromatic nitrogens is 2. The van der Waals surface area contributed by atoms with Gasteiger partial charge in [-0.15, -0.1) is 12.4 Å². The van der Waals surface area contributed by atoms with Gasteiger partial charge in [-0.25, -0.2) is 8.78 Å². The van der Waals surface area contributed by atoms with Gasteiger partial charge in [0.15, 0.2) is 5.69 Å². The second-order valence-corrected chi connectivity index (χ2v) is 5.48. The molecule has 0 unspecified atom stereocenters. The molecule has 1 aromatic carbocycles. The molecule has 0 spiro atoms. The molecule has 1 aromatic heterocycles. The largest absolute Gasteiger partial charge is 0.333 e. The van der Waals surface area contributed by atoms with E-state index in [0.29, 0.717) is 18.8 Å². The Kier molecular flexibility index (Phi) is 5.90. The minimum Gasteiger partial charge on any atom is -0.333 e. The molecule has 2 aromatic rings. The number of carbonyl (C=O) groups excluding carboxylic acids is 1. The molecule has 24 heavy (non-hydrogen) atoms. The standard InChI is InChI=1S/C16H18F2N4O.ClH/c1-2-22(9-11-12(17)4-3-5-13(11)18)16(23)15-10-8-19-7-6-14(10)20-21-15;/h3-5,19H,2,6-9H2,1H3,(H,20,21);1H. The molecule has 2 N–H and O–H groups in total. The number of benzene rings is 1. The Morgan fingerprint density at radius 3 is 2.71 bits per heavy atom. The van der Waals surface area contributed by atoms with Crippen LogP contribution in [-0.2, 0) is 19.5 Å². The summed E-state index contributed by atoms with van der Waals surface area (Å²) >= 11 is 0. The highest BCUT2D eigenvalue weighted by atomic mass is 35.5.